The van der Waals surface area contributed by atoms with Gasteiger partial charge in [-0.15, -0.1) is 0 Å². The molecule has 45 heavy (non-hydrogen) atoms. The van der Waals surface area contributed by atoms with Crippen LogP contribution < -0.4 is 5.32 Å². The second-order valence-electron chi connectivity index (χ2n) is 11.1. The quantitative estimate of drug-likeness (QED) is 0.355. The summed E-state index contributed by atoms with van der Waals surface area (Å²) in [4.78, 5) is 76.1. The van der Waals surface area contributed by atoms with Crippen molar-refractivity contribution in [1.82, 2.24) is 25.1 Å². The van der Waals surface area contributed by atoms with Crippen molar-refractivity contribution in [2.24, 2.45) is 5.92 Å². The minimum atomic E-state index is -1.14. The predicted octanol–water partition coefficient (Wildman–Crippen LogP) is 3.24. The summed E-state index contributed by atoms with van der Waals surface area (Å²) in [6.45, 7) is 4.91. The lowest BCUT2D eigenvalue weighted by Gasteiger charge is -2.36. The fourth-order valence-electron chi connectivity index (χ4n) is 5.81. The Kier molecular flexibility index (Phi) is 11.8. The summed E-state index contributed by atoms with van der Waals surface area (Å²) < 4.78 is 10.4. The van der Waals surface area contributed by atoms with Crippen molar-refractivity contribution in [3.63, 3.8) is 0 Å². The second-order valence-corrected chi connectivity index (χ2v) is 11.1. The first-order valence-corrected chi connectivity index (χ1v) is 15.6. The maximum atomic E-state index is 13.8. The monoisotopic (exact) mass is 623 g/mol. The molecule has 1 saturated carbocycles. The molecule has 242 valence electrons. The van der Waals surface area contributed by atoms with Crippen LogP contribution in [0.3, 0.4) is 0 Å². The molecular formula is C32H41N5O8. The normalized spacial score (nSPS) is 18.9. The lowest BCUT2D eigenvalue weighted by Crippen LogP contribution is -2.56. The number of nitrogens with zero attached hydrogens (tertiary/aromatic N) is 4. The molecule has 2 unspecified atom stereocenters. The zero-order valence-electron chi connectivity index (χ0n) is 25.8. The number of amides is 3. The number of esters is 1. The molecule has 2 aromatic rings. The Labute approximate surface area is 262 Å². The van der Waals surface area contributed by atoms with E-state index in [4.69, 9.17) is 14.5 Å². The maximum Gasteiger partial charge on any atom is 0.409 e. The van der Waals surface area contributed by atoms with E-state index in [0.717, 1.165) is 12.8 Å². The van der Waals surface area contributed by atoms with Crippen LogP contribution in [-0.2, 0) is 23.9 Å². The van der Waals surface area contributed by atoms with Gasteiger partial charge in [-0.1, -0.05) is 43.2 Å². The Bertz CT molecular complexity index is 1360. The lowest BCUT2D eigenvalue weighted by atomic mass is 9.77. The van der Waals surface area contributed by atoms with Crippen molar-refractivity contribution in [2.45, 2.75) is 64.3 Å². The molecule has 2 heterocycles. The zero-order chi connectivity index (χ0) is 32.3. The van der Waals surface area contributed by atoms with Crippen LogP contribution in [0.25, 0.3) is 11.4 Å². The Balaban J connectivity index is 1.61. The van der Waals surface area contributed by atoms with Crippen molar-refractivity contribution < 1.29 is 38.6 Å². The fraction of sp³-hybridized carbons (Fsp3) is 0.531. The zero-order valence-corrected chi connectivity index (χ0v) is 25.8. The number of aliphatic carboxylic acids is 1. The van der Waals surface area contributed by atoms with Gasteiger partial charge in [-0.25, -0.2) is 14.8 Å². The summed E-state index contributed by atoms with van der Waals surface area (Å²) in [7, 11) is 0. The number of ether oxygens (including phenoxy) is 2. The highest BCUT2D eigenvalue weighted by Gasteiger charge is 2.36. The minimum absolute atomic E-state index is 0.00675. The molecule has 2 fully saturated rings. The number of hydrogen-bond acceptors (Lipinski definition) is 9. The van der Waals surface area contributed by atoms with Gasteiger partial charge in [0.15, 0.2) is 5.82 Å². The second kappa shape index (κ2) is 16.0. The van der Waals surface area contributed by atoms with Gasteiger partial charge in [0.25, 0.3) is 5.91 Å². The number of benzene rings is 1. The van der Waals surface area contributed by atoms with Crippen LogP contribution in [0.5, 0.6) is 0 Å². The first-order chi connectivity index (χ1) is 21.7. The minimum Gasteiger partial charge on any atom is -0.481 e. The topological polar surface area (TPSA) is 168 Å². The van der Waals surface area contributed by atoms with Gasteiger partial charge in [0.2, 0.25) is 5.91 Å². The van der Waals surface area contributed by atoms with E-state index in [0.29, 0.717) is 29.9 Å². The van der Waals surface area contributed by atoms with E-state index in [-0.39, 0.29) is 69.8 Å². The SMILES string of the molecule is CCOC(=O)C1CCCCC1c1cc(C(=O)N[C@@H](CCC(=O)O)C(=O)N2CCN(C(=O)OCC)CC2)nc(-c2ccccc2)n1. The molecule has 1 aromatic carbocycles. The Hall–Kier alpha value is -4.55. The molecule has 1 aliphatic carbocycles. The number of carbonyl (C=O) groups excluding carboxylic acids is 4. The number of hydrogen-bond donors (Lipinski definition) is 2. The molecule has 0 radical (unpaired) electrons. The highest BCUT2D eigenvalue weighted by atomic mass is 16.6. The molecule has 2 aliphatic rings. The molecule has 13 heteroatoms. The highest BCUT2D eigenvalue weighted by molar-refractivity contribution is 5.96. The third kappa shape index (κ3) is 8.77. The molecule has 3 atom stereocenters. The van der Waals surface area contributed by atoms with Gasteiger partial charge >= 0.3 is 18.0 Å². The highest BCUT2D eigenvalue weighted by Crippen LogP contribution is 2.38. The van der Waals surface area contributed by atoms with Crippen molar-refractivity contribution in [2.75, 3.05) is 39.4 Å². The third-order valence-corrected chi connectivity index (χ3v) is 8.11. The van der Waals surface area contributed by atoms with Gasteiger partial charge in [-0.05, 0) is 39.2 Å². The van der Waals surface area contributed by atoms with Gasteiger partial charge in [0, 0.05) is 49.8 Å². The summed E-state index contributed by atoms with van der Waals surface area (Å²) in [6.07, 6.45) is 2.17. The molecule has 1 saturated heterocycles. The first kappa shape index (κ1) is 33.3. The van der Waals surface area contributed by atoms with E-state index in [9.17, 15) is 29.1 Å². The Morgan fingerprint density at radius 1 is 0.933 bits per heavy atom. The summed E-state index contributed by atoms with van der Waals surface area (Å²) in [5.74, 6) is -2.90. The number of rotatable bonds is 11. The number of piperazine rings is 1. The van der Waals surface area contributed by atoms with E-state index >= 15 is 0 Å². The van der Waals surface area contributed by atoms with E-state index in [1.54, 1.807) is 19.9 Å². The van der Waals surface area contributed by atoms with Gasteiger partial charge in [-0.3, -0.25) is 19.2 Å². The molecule has 0 bridgehead atoms. The van der Waals surface area contributed by atoms with E-state index in [2.05, 4.69) is 10.3 Å². The smallest absolute Gasteiger partial charge is 0.409 e. The number of carbonyl (C=O) groups is 5. The van der Waals surface area contributed by atoms with Crippen LogP contribution in [0.1, 0.15) is 74.5 Å². The van der Waals surface area contributed by atoms with Crippen LogP contribution in [0.4, 0.5) is 4.79 Å². The molecule has 0 spiro atoms. The average Bonchev–Trinajstić information content (AvgIpc) is 3.06. The standard InChI is InChI=1S/C32H41N5O8/c1-3-44-31(42)23-13-9-8-12-22(23)25-20-26(34-28(33-25)21-10-6-5-7-11-21)29(40)35-24(14-15-27(38)39)30(41)36-16-18-37(19-17-36)32(43)45-4-2/h5-7,10-11,20,22-24H,3-4,8-9,12-19H2,1-2H3,(H,35,40)(H,38,39)/t22?,23?,24-/m0/s1. The molecule has 2 N–H and O–H groups in total. The molecule has 1 aliphatic heterocycles. The van der Waals surface area contributed by atoms with Crippen LogP contribution >= 0.6 is 0 Å². The van der Waals surface area contributed by atoms with Crippen molar-refractivity contribution in [3.8, 4) is 11.4 Å². The van der Waals surface area contributed by atoms with Crippen molar-refractivity contribution in [3.05, 3.63) is 47.8 Å². The maximum absolute atomic E-state index is 13.8. The van der Waals surface area contributed by atoms with Gasteiger partial charge in [-0.2, -0.15) is 0 Å². The molecule has 3 amide bonds. The summed E-state index contributed by atoms with van der Waals surface area (Å²) in [5, 5.41) is 12.1. The van der Waals surface area contributed by atoms with E-state index in [1.165, 1.54) is 9.80 Å². The van der Waals surface area contributed by atoms with Gasteiger partial charge in [0.1, 0.15) is 11.7 Å². The summed E-state index contributed by atoms with van der Waals surface area (Å²) in [6, 6.07) is 9.57. The number of nitrogens with one attached hydrogen (secondary N) is 1. The summed E-state index contributed by atoms with van der Waals surface area (Å²) >= 11 is 0. The van der Waals surface area contributed by atoms with Crippen LogP contribution in [-0.4, -0.2) is 100 Å². The number of carboxylic acids is 1. The largest absolute Gasteiger partial charge is 0.481 e. The van der Waals surface area contributed by atoms with Crippen molar-refractivity contribution >= 4 is 29.8 Å². The summed E-state index contributed by atoms with van der Waals surface area (Å²) in [5.41, 5.74) is 1.22. The Morgan fingerprint density at radius 2 is 1.60 bits per heavy atom. The fourth-order valence-corrected chi connectivity index (χ4v) is 5.81. The third-order valence-electron chi connectivity index (χ3n) is 8.11. The molecule has 13 nitrogen and oxygen atoms in total. The average molecular weight is 624 g/mol. The van der Waals surface area contributed by atoms with Crippen molar-refractivity contribution in [1.29, 1.82) is 0 Å². The molecule has 4 rings (SSSR count). The van der Waals surface area contributed by atoms with Gasteiger partial charge in [0.05, 0.1) is 19.1 Å². The van der Waals surface area contributed by atoms with Crippen LogP contribution in [0.2, 0.25) is 0 Å². The van der Waals surface area contributed by atoms with Crippen LogP contribution in [0.15, 0.2) is 36.4 Å². The first-order valence-electron chi connectivity index (χ1n) is 15.6. The molecule has 1 aromatic heterocycles. The van der Waals surface area contributed by atoms with E-state index < -0.39 is 35.8 Å². The number of carboxylic acid groups (broad SMARTS) is 1. The molecular weight excluding hydrogens is 582 g/mol. The Morgan fingerprint density at radius 3 is 2.27 bits per heavy atom. The van der Waals surface area contributed by atoms with Gasteiger partial charge < -0.3 is 29.7 Å². The lowest BCUT2D eigenvalue weighted by molar-refractivity contribution is -0.150. The number of aromatic nitrogens is 2. The van der Waals surface area contributed by atoms with E-state index in [1.807, 2.05) is 30.3 Å². The van der Waals surface area contributed by atoms with Crippen LogP contribution in [0, 0.1) is 5.92 Å². The predicted molar refractivity (Wildman–Crippen MR) is 162 cm³/mol.